The fourth-order valence-electron chi connectivity index (χ4n) is 1.37. The van der Waals surface area contributed by atoms with Crippen molar-refractivity contribution >= 4 is 11.4 Å². The lowest BCUT2D eigenvalue weighted by molar-refractivity contribution is 0.0982. The van der Waals surface area contributed by atoms with Crippen molar-refractivity contribution in [1.82, 2.24) is 4.98 Å². The topological polar surface area (TPSA) is 66.9 Å². The van der Waals surface area contributed by atoms with Gasteiger partial charge in [0.1, 0.15) is 11.5 Å². The predicted molar refractivity (Wildman–Crippen MR) is 68.8 cm³/mol. The van der Waals surface area contributed by atoms with Crippen molar-refractivity contribution in [2.45, 2.75) is 20.3 Å². The molecule has 1 aromatic rings. The Hall–Kier alpha value is -2.41. The molecule has 0 unspecified atom stereocenters. The van der Waals surface area contributed by atoms with Gasteiger partial charge in [-0.15, -0.1) is 0 Å². The normalized spacial score (nSPS) is 10.8. The maximum absolute atomic E-state index is 11.6. The molecule has 0 spiro atoms. The van der Waals surface area contributed by atoms with Crippen LogP contribution < -0.4 is 0 Å². The average molecular weight is 242 g/mol. The van der Waals surface area contributed by atoms with E-state index < -0.39 is 0 Å². The third-order valence-corrected chi connectivity index (χ3v) is 2.32. The first-order chi connectivity index (χ1) is 8.53. The molecule has 0 saturated heterocycles. The lowest BCUT2D eigenvalue weighted by atomic mass is 10.2. The lowest BCUT2D eigenvalue weighted by Crippen LogP contribution is -1.99. The fourth-order valence-corrected chi connectivity index (χ4v) is 1.37. The summed E-state index contributed by atoms with van der Waals surface area (Å²) < 4.78 is 5.41. The van der Waals surface area contributed by atoms with Crippen molar-refractivity contribution in [3.8, 4) is 6.07 Å². The summed E-state index contributed by atoms with van der Waals surface area (Å²) in [6.45, 7) is 10.6. The smallest absolute Gasteiger partial charge is 0.226 e. The maximum atomic E-state index is 11.6. The summed E-state index contributed by atoms with van der Waals surface area (Å²) in [5.74, 6) is 0.660. The molecule has 0 bridgehead atoms. The average Bonchev–Trinajstić information content (AvgIpc) is 2.76. The first-order valence-electron chi connectivity index (χ1n) is 5.47. The minimum absolute atomic E-state index is 0.0787. The quantitative estimate of drug-likeness (QED) is 0.451. The minimum Gasteiger partial charge on any atom is -0.441 e. The summed E-state index contributed by atoms with van der Waals surface area (Å²) in [5, 5.41) is 8.68. The number of hydrogen-bond acceptors (Lipinski definition) is 4. The number of hydrogen-bond donors (Lipinski definition) is 0. The number of oxazole rings is 1. The second-order valence-corrected chi connectivity index (χ2v) is 3.64. The standard InChI is InChI=1S/C14H14N2O2/c1-5-11(7-9(3)8-15)14-16-13(10(4)18-14)12(17)6-2/h5,7H,1,3,6H2,2,4H3/b11-7+. The third-order valence-electron chi connectivity index (χ3n) is 2.32. The summed E-state index contributed by atoms with van der Waals surface area (Å²) in [6, 6.07) is 1.90. The van der Waals surface area contributed by atoms with Gasteiger partial charge in [0.15, 0.2) is 5.78 Å². The van der Waals surface area contributed by atoms with Gasteiger partial charge < -0.3 is 4.42 Å². The minimum atomic E-state index is -0.0787. The highest BCUT2D eigenvalue weighted by Gasteiger charge is 2.16. The van der Waals surface area contributed by atoms with Gasteiger partial charge in [0.2, 0.25) is 5.89 Å². The molecule has 0 aliphatic heterocycles. The Morgan fingerprint density at radius 3 is 2.78 bits per heavy atom. The molecule has 4 heteroatoms. The van der Waals surface area contributed by atoms with E-state index in [9.17, 15) is 4.79 Å². The van der Waals surface area contributed by atoms with Gasteiger partial charge in [-0.05, 0) is 13.0 Å². The molecule has 1 rings (SSSR count). The number of aryl methyl sites for hydroxylation is 1. The van der Waals surface area contributed by atoms with Crippen LogP contribution in [0.5, 0.6) is 0 Å². The molecular formula is C14H14N2O2. The highest BCUT2D eigenvalue weighted by molar-refractivity contribution is 5.95. The number of carbonyl (C=O) groups excluding carboxylic acids is 1. The van der Waals surface area contributed by atoms with Gasteiger partial charge >= 0.3 is 0 Å². The van der Waals surface area contributed by atoms with Gasteiger partial charge in [-0.3, -0.25) is 4.79 Å². The van der Waals surface area contributed by atoms with Crippen molar-refractivity contribution in [3.05, 3.63) is 48.2 Å². The van der Waals surface area contributed by atoms with Gasteiger partial charge in [-0.25, -0.2) is 4.98 Å². The molecule has 0 aliphatic rings. The van der Waals surface area contributed by atoms with Crippen molar-refractivity contribution in [2.75, 3.05) is 0 Å². The van der Waals surface area contributed by atoms with Crippen molar-refractivity contribution in [2.24, 2.45) is 0 Å². The monoisotopic (exact) mass is 242 g/mol. The number of carbonyl (C=O) groups is 1. The molecule has 0 atom stereocenters. The number of nitrogens with zero attached hydrogens (tertiary/aromatic N) is 2. The zero-order valence-electron chi connectivity index (χ0n) is 10.5. The van der Waals surface area contributed by atoms with Gasteiger partial charge in [0, 0.05) is 17.6 Å². The second kappa shape index (κ2) is 5.78. The number of allylic oxidation sites excluding steroid dienone is 4. The van der Waals surface area contributed by atoms with Crippen LogP contribution in [0.2, 0.25) is 0 Å². The Morgan fingerprint density at radius 1 is 1.61 bits per heavy atom. The molecule has 0 N–H and O–H groups in total. The molecule has 0 fully saturated rings. The molecule has 0 aliphatic carbocycles. The molecule has 0 radical (unpaired) electrons. The largest absolute Gasteiger partial charge is 0.441 e. The van der Waals surface area contributed by atoms with Crippen molar-refractivity contribution < 1.29 is 9.21 Å². The van der Waals surface area contributed by atoms with Crippen LogP contribution in [0.4, 0.5) is 0 Å². The SMILES string of the molecule is C=C/C(=C\C(=C)C#N)c1nc(C(=O)CC)c(C)o1. The Kier molecular flexibility index (Phi) is 4.39. The van der Waals surface area contributed by atoms with Gasteiger partial charge in [-0.1, -0.05) is 26.2 Å². The highest BCUT2D eigenvalue weighted by Crippen LogP contribution is 2.20. The molecule has 0 aromatic carbocycles. The van der Waals surface area contributed by atoms with Crippen LogP contribution in [-0.2, 0) is 0 Å². The number of aromatic nitrogens is 1. The zero-order chi connectivity index (χ0) is 13.7. The Morgan fingerprint density at radius 2 is 2.28 bits per heavy atom. The molecule has 92 valence electrons. The van der Waals surface area contributed by atoms with Gasteiger partial charge in [0.25, 0.3) is 0 Å². The Labute approximate surface area is 106 Å². The molecular weight excluding hydrogens is 228 g/mol. The van der Waals surface area contributed by atoms with E-state index in [0.29, 0.717) is 23.4 Å². The number of nitriles is 1. The van der Waals surface area contributed by atoms with Gasteiger partial charge in [-0.2, -0.15) is 5.26 Å². The molecule has 4 nitrogen and oxygen atoms in total. The maximum Gasteiger partial charge on any atom is 0.226 e. The van der Waals surface area contributed by atoms with E-state index in [2.05, 4.69) is 18.1 Å². The van der Waals surface area contributed by atoms with E-state index in [1.807, 2.05) is 6.07 Å². The number of ketones is 1. The van der Waals surface area contributed by atoms with E-state index in [4.69, 9.17) is 9.68 Å². The van der Waals surface area contributed by atoms with E-state index in [-0.39, 0.29) is 17.2 Å². The molecule has 1 heterocycles. The van der Waals surface area contributed by atoms with E-state index in [1.54, 1.807) is 13.8 Å². The van der Waals surface area contributed by atoms with Crippen LogP contribution in [0, 0.1) is 18.3 Å². The molecule has 1 aromatic heterocycles. The van der Waals surface area contributed by atoms with Crippen LogP contribution >= 0.6 is 0 Å². The highest BCUT2D eigenvalue weighted by atomic mass is 16.4. The molecule has 18 heavy (non-hydrogen) atoms. The van der Waals surface area contributed by atoms with Crippen LogP contribution in [0.15, 0.2) is 35.3 Å². The van der Waals surface area contributed by atoms with Gasteiger partial charge in [0.05, 0.1) is 6.07 Å². The first-order valence-corrected chi connectivity index (χ1v) is 5.47. The Balaban J connectivity index is 3.22. The van der Waals surface area contributed by atoms with Crippen LogP contribution in [0.1, 0.15) is 35.5 Å². The lowest BCUT2D eigenvalue weighted by Gasteiger charge is -1.94. The first kappa shape index (κ1) is 13.7. The summed E-state index contributed by atoms with van der Waals surface area (Å²) in [5.41, 5.74) is 1.12. The fraction of sp³-hybridized carbons (Fsp3) is 0.214. The van der Waals surface area contributed by atoms with Crippen LogP contribution in [0.3, 0.4) is 0 Å². The van der Waals surface area contributed by atoms with E-state index in [1.165, 1.54) is 12.2 Å². The predicted octanol–water partition coefficient (Wildman–Crippen LogP) is 3.22. The second-order valence-electron chi connectivity index (χ2n) is 3.64. The van der Waals surface area contributed by atoms with Crippen LogP contribution in [0.25, 0.3) is 5.57 Å². The number of rotatable bonds is 5. The zero-order valence-corrected chi connectivity index (χ0v) is 10.5. The van der Waals surface area contributed by atoms with Crippen LogP contribution in [-0.4, -0.2) is 10.8 Å². The number of Topliss-reactive ketones (excluding diaryl/α,β-unsaturated/α-hetero) is 1. The molecule has 0 amide bonds. The Bertz CT molecular complexity index is 571. The summed E-state index contributed by atoms with van der Waals surface area (Å²) in [6.07, 6.45) is 3.39. The third kappa shape index (κ3) is 2.83. The molecule has 0 saturated carbocycles. The van der Waals surface area contributed by atoms with E-state index >= 15 is 0 Å². The summed E-state index contributed by atoms with van der Waals surface area (Å²) in [7, 11) is 0. The van der Waals surface area contributed by atoms with Crippen molar-refractivity contribution in [1.29, 1.82) is 5.26 Å². The van der Waals surface area contributed by atoms with E-state index in [0.717, 1.165) is 0 Å². The van der Waals surface area contributed by atoms with Crippen molar-refractivity contribution in [3.63, 3.8) is 0 Å². The summed E-state index contributed by atoms with van der Waals surface area (Å²) >= 11 is 0. The summed E-state index contributed by atoms with van der Waals surface area (Å²) in [4.78, 5) is 15.7.